The van der Waals surface area contributed by atoms with Gasteiger partial charge in [0.2, 0.25) is 5.56 Å². The molecule has 1 heterocycles. The molecule has 0 fully saturated rings. The Morgan fingerprint density at radius 2 is 1.86 bits per heavy atom. The summed E-state index contributed by atoms with van der Waals surface area (Å²) >= 11 is 0. The molecule has 0 saturated heterocycles. The molecule has 2 rings (SSSR count). The lowest BCUT2D eigenvalue weighted by molar-refractivity contribution is -0.137. The molecule has 1 aromatic heterocycles. The standard InChI is InChI=1S/C15H14F3NO2/c1-9(2)21-12-5-3-4-10(6-12)13-7-11(15(16,17)18)8-14(20)19-13/h3-9H,1-2H3,(H,19,20). The van der Waals surface area contributed by atoms with Crippen LogP contribution in [0.3, 0.4) is 0 Å². The molecular weight excluding hydrogens is 283 g/mol. The third-order valence-corrected chi connectivity index (χ3v) is 2.69. The highest BCUT2D eigenvalue weighted by Gasteiger charge is 2.31. The molecule has 6 heteroatoms. The normalized spacial score (nSPS) is 11.7. The van der Waals surface area contributed by atoms with Crippen molar-refractivity contribution in [2.75, 3.05) is 0 Å². The van der Waals surface area contributed by atoms with E-state index in [0.717, 1.165) is 6.07 Å². The second-order valence-electron chi connectivity index (χ2n) is 4.84. The number of nitrogens with one attached hydrogen (secondary N) is 1. The molecule has 0 aliphatic heterocycles. The van der Waals surface area contributed by atoms with Gasteiger partial charge in [-0.05, 0) is 32.0 Å². The highest BCUT2D eigenvalue weighted by atomic mass is 19.4. The highest BCUT2D eigenvalue weighted by molar-refractivity contribution is 5.61. The van der Waals surface area contributed by atoms with Gasteiger partial charge in [-0.25, -0.2) is 0 Å². The molecule has 0 atom stereocenters. The third-order valence-electron chi connectivity index (χ3n) is 2.69. The number of aromatic amines is 1. The van der Waals surface area contributed by atoms with E-state index >= 15 is 0 Å². The van der Waals surface area contributed by atoms with Crippen molar-refractivity contribution in [2.24, 2.45) is 0 Å². The molecule has 0 aliphatic carbocycles. The number of H-pyrrole nitrogens is 1. The monoisotopic (exact) mass is 297 g/mol. The number of halogens is 3. The van der Waals surface area contributed by atoms with Gasteiger partial charge >= 0.3 is 6.18 Å². The van der Waals surface area contributed by atoms with E-state index in [1.807, 2.05) is 13.8 Å². The molecule has 0 bridgehead atoms. The van der Waals surface area contributed by atoms with E-state index in [9.17, 15) is 18.0 Å². The van der Waals surface area contributed by atoms with Crippen molar-refractivity contribution in [1.29, 1.82) is 0 Å². The Labute approximate surface area is 119 Å². The lowest BCUT2D eigenvalue weighted by Crippen LogP contribution is -2.13. The zero-order valence-electron chi connectivity index (χ0n) is 11.5. The van der Waals surface area contributed by atoms with Crippen LogP contribution < -0.4 is 10.3 Å². The molecule has 0 aliphatic rings. The number of aromatic nitrogens is 1. The molecular formula is C15H14F3NO2. The van der Waals surface area contributed by atoms with Crippen molar-refractivity contribution in [3.63, 3.8) is 0 Å². The Balaban J connectivity index is 2.47. The van der Waals surface area contributed by atoms with Gasteiger partial charge < -0.3 is 9.72 Å². The summed E-state index contributed by atoms with van der Waals surface area (Å²) in [6.45, 7) is 3.69. The van der Waals surface area contributed by atoms with Gasteiger partial charge in [0.25, 0.3) is 0 Å². The Bertz CT molecular complexity index is 690. The number of rotatable bonds is 3. The lowest BCUT2D eigenvalue weighted by Gasteiger charge is -2.12. The van der Waals surface area contributed by atoms with Crippen molar-refractivity contribution in [3.8, 4) is 17.0 Å². The van der Waals surface area contributed by atoms with Gasteiger partial charge in [-0.1, -0.05) is 12.1 Å². The first-order valence-electron chi connectivity index (χ1n) is 6.34. The van der Waals surface area contributed by atoms with Gasteiger partial charge in [0.05, 0.1) is 11.7 Å². The maximum absolute atomic E-state index is 12.7. The predicted octanol–water partition coefficient (Wildman–Crippen LogP) is 3.85. The smallest absolute Gasteiger partial charge is 0.416 e. The zero-order chi connectivity index (χ0) is 15.6. The number of hydrogen-bond acceptors (Lipinski definition) is 2. The Morgan fingerprint density at radius 3 is 2.48 bits per heavy atom. The fourth-order valence-corrected chi connectivity index (χ4v) is 1.87. The summed E-state index contributed by atoms with van der Waals surface area (Å²) in [5.41, 5.74) is -1.22. The first-order valence-corrected chi connectivity index (χ1v) is 6.34. The molecule has 1 N–H and O–H groups in total. The fourth-order valence-electron chi connectivity index (χ4n) is 1.87. The van der Waals surface area contributed by atoms with Crippen LogP contribution >= 0.6 is 0 Å². The number of pyridine rings is 1. The van der Waals surface area contributed by atoms with E-state index in [2.05, 4.69) is 4.98 Å². The van der Waals surface area contributed by atoms with Crippen LogP contribution in [0.2, 0.25) is 0 Å². The minimum absolute atomic E-state index is 0.0548. The Kier molecular flexibility index (Phi) is 4.06. The van der Waals surface area contributed by atoms with Crippen LogP contribution in [0.4, 0.5) is 13.2 Å². The Hall–Kier alpha value is -2.24. The maximum Gasteiger partial charge on any atom is 0.416 e. The Morgan fingerprint density at radius 1 is 1.14 bits per heavy atom. The van der Waals surface area contributed by atoms with Crippen molar-refractivity contribution >= 4 is 0 Å². The van der Waals surface area contributed by atoms with E-state index in [-0.39, 0.29) is 11.8 Å². The molecule has 0 saturated carbocycles. The van der Waals surface area contributed by atoms with E-state index < -0.39 is 17.3 Å². The molecule has 112 valence electrons. The number of ether oxygens (including phenoxy) is 1. The SMILES string of the molecule is CC(C)Oc1cccc(-c2cc(C(F)(F)F)cc(=O)[nH]2)c1. The average Bonchev–Trinajstić information content (AvgIpc) is 2.36. The lowest BCUT2D eigenvalue weighted by atomic mass is 10.1. The van der Waals surface area contributed by atoms with E-state index in [0.29, 0.717) is 17.4 Å². The summed E-state index contributed by atoms with van der Waals surface area (Å²) in [5, 5.41) is 0. The van der Waals surface area contributed by atoms with Crippen molar-refractivity contribution in [3.05, 3.63) is 52.3 Å². The van der Waals surface area contributed by atoms with Gasteiger partial charge in [-0.2, -0.15) is 13.2 Å². The van der Waals surface area contributed by atoms with Crippen LogP contribution in [-0.2, 0) is 6.18 Å². The second kappa shape index (κ2) is 5.63. The maximum atomic E-state index is 12.7. The van der Waals surface area contributed by atoms with Crippen molar-refractivity contribution in [2.45, 2.75) is 26.1 Å². The van der Waals surface area contributed by atoms with E-state index in [1.54, 1.807) is 24.3 Å². The first-order chi connectivity index (χ1) is 9.75. The largest absolute Gasteiger partial charge is 0.491 e. The number of alkyl halides is 3. The van der Waals surface area contributed by atoms with Crippen molar-refractivity contribution < 1.29 is 17.9 Å². The molecule has 3 nitrogen and oxygen atoms in total. The van der Waals surface area contributed by atoms with Crippen LogP contribution in [0.25, 0.3) is 11.3 Å². The third kappa shape index (κ3) is 3.87. The van der Waals surface area contributed by atoms with Gasteiger partial charge in [0, 0.05) is 17.3 Å². The minimum atomic E-state index is -4.56. The van der Waals surface area contributed by atoms with E-state index in [1.165, 1.54) is 0 Å². The summed E-state index contributed by atoms with van der Waals surface area (Å²) in [4.78, 5) is 13.8. The highest BCUT2D eigenvalue weighted by Crippen LogP contribution is 2.31. The van der Waals surface area contributed by atoms with E-state index in [4.69, 9.17) is 4.74 Å². The summed E-state index contributed by atoms with van der Waals surface area (Å²) in [5.74, 6) is 0.528. The van der Waals surface area contributed by atoms with Crippen molar-refractivity contribution in [1.82, 2.24) is 4.98 Å². The molecule has 2 aromatic rings. The number of hydrogen-bond donors (Lipinski definition) is 1. The second-order valence-corrected chi connectivity index (χ2v) is 4.84. The summed E-state index contributed by atoms with van der Waals surface area (Å²) in [6.07, 6.45) is -4.62. The average molecular weight is 297 g/mol. The quantitative estimate of drug-likeness (QED) is 0.935. The molecule has 0 unspecified atom stereocenters. The first kappa shape index (κ1) is 15.2. The van der Waals surface area contributed by atoms with Crippen LogP contribution in [0.5, 0.6) is 5.75 Å². The summed E-state index contributed by atoms with van der Waals surface area (Å²) < 4.78 is 43.7. The molecule has 0 amide bonds. The summed E-state index contributed by atoms with van der Waals surface area (Å²) in [6, 6.07) is 8.01. The molecule has 0 spiro atoms. The van der Waals surface area contributed by atoms with Crippen LogP contribution in [0.15, 0.2) is 41.2 Å². The predicted molar refractivity (Wildman–Crippen MR) is 73.3 cm³/mol. The van der Waals surface area contributed by atoms with Gasteiger partial charge in [-0.15, -0.1) is 0 Å². The molecule has 21 heavy (non-hydrogen) atoms. The topological polar surface area (TPSA) is 42.1 Å². The minimum Gasteiger partial charge on any atom is -0.491 e. The van der Waals surface area contributed by atoms with Gasteiger partial charge in [0.1, 0.15) is 5.75 Å². The zero-order valence-corrected chi connectivity index (χ0v) is 11.5. The number of benzene rings is 1. The fraction of sp³-hybridized carbons (Fsp3) is 0.267. The summed E-state index contributed by atoms with van der Waals surface area (Å²) in [7, 11) is 0. The molecule has 0 radical (unpaired) electrons. The van der Waals surface area contributed by atoms with Crippen LogP contribution in [-0.4, -0.2) is 11.1 Å². The van der Waals surface area contributed by atoms with Gasteiger partial charge in [-0.3, -0.25) is 4.79 Å². The van der Waals surface area contributed by atoms with Crippen LogP contribution in [0.1, 0.15) is 19.4 Å². The van der Waals surface area contributed by atoms with Crippen LogP contribution in [0, 0.1) is 0 Å². The van der Waals surface area contributed by atoms with Gasteiger partial charge in [0.15, 0.2) is 0 Å². The molecule has 1 aromatic carbocycles.